The van der Waals surface area contributed by atoms with E-state index in [1.807, 2.05) is 20.8 Å². The minimum absolute atomic E-state index is 0.0625. The van der Waals surface area contributed by atoms with Gasteiger partial charge in [-0.15, -0.1) is 0 Å². The number of hydrogen-bond donors (Lipinski definition) is 1. The molecule has 0 bridgehead atoms. The van der Waals surface area contributed by atoms with E-state index in [2.05, 4.69) is 5.32 Å². The van der Waals surface area contributed by atoms with E-state index in [-0.39, 0.29) is 6.42 Å². The zero-order chi connectivity index (χ0) is 10.0. The van der Waals surface area contributed by atoms with Crippen LogP contribution in [-0.4, -0.2) is 19.0 Å². The maximum Gasteiger partial charge on any atom is 0.246 e. The highest BCUT2D eigenvalue weighted by Crippen LogP contribution is 2.14. The van der Waals surface area contributed by atoms with E-state index >= 15 is 0 Å². The first-order valence-electron chi connectivity index (χ1n) is 4.65. The van der Waals surface area contributed by atoms with E-state index in [1.165, 1.54) is 0 Å². The maximum atomic E-state index is 12.1. The van der Waals surface area contributed by atoms with Crippen LogP contribution in [0.3, 0.4) is 0 Å². The molecule has 0 aliphatic heterocycles. The van der Waals surface area contributed by atoms with Gasteiger partial charge in [-0.1, -0.05) is 20.8 Å². The molecule has 0 amide bonds. The Morgan fingerprint density at radius 2 is 1.67 bits per heavy atom. The summed E-state index contributed by atoms with van der Waals surface area (Å²) >= 11 is 0. The first-order valence-corrected chi connectivity index (χ1v) is 4.65. The molecule has 0 atom stereocenters. The van der Waals surface area contributed by atoms with Gasteiger partial charge < -0.3 is 5.32 Å². The Hall–Kier alpha value is -0.180. The third kappa shape index (κ3) is 16.4. The predicted molar refractivity (Wildman–Crippen MR) is 49.7 cm³/mol. The molecule has 0 rings (SSSR count). The average Bonchev–Trinajstić information content (AvgIpc) is 2.01. The monoisotopic (exact) mass is 181 g/mol. The van der Waals surface area contributed by atoms with Crippen LogP contribution in [0.15, 0.2) is 0 Å². The molecule has 0 aromatic carbocycles. The SMILES string of the molecule is CC.CCCNCCC(C)(F)F. The van der Waals surface area contributed by atoms with Crippen LogP contribution in [0.5, 0.6) is 0 Å². The Morgan fingerprint density at radius 3 is 2.00 bits per heavy atom. The Kier molecular flexibility index (Phi) is 10.7. The van der Waals surface area contributed by atoms with E-state index in [1.54, 1.807) is 0 Å². The van der Waals surface area contributed by atoms with Gasteiger partial charge in [0.25, 0.3) is 0 Å². The molecule has 0 aliphatic carbocycles. The maximum absolute atomic E-state index is 12.1. The van der Waals surface area contributed by atoms with Crippen molar-refractivity contribution in [1.29, 1.82) is 0 Å². The molecule has 0 unspecified atom stereocenters. The Balaban J connectivity index is 0. The van der Waals surface area contributed by atoms with Crippen molar-refractivity contribution >= 4 is 0 Å². The second-order valence-corrected chi connectivity index (χ2v) is 2.57. The summed E-state index contributed by atoms with van der Waals surface area (Å²) in [5.41, 5.74) is 0. The zero-order valence-electron chi connectivity index (χ0n) is 8.58. The molecule has 0 heterocycles. The summed E-state index contributed by atoms with van der Waals surface area (Å²) in [4.78, 5) is 0. The zero-order valence-corrected chi connectivity index (χ0v) is 8.58. The van der Waals surface area contributed by atoms with Crippen LogP contribution in [0.25, 0.3) is 0 Å². The van der Waals surface area contributed by atoms with E-state index in [9.17, 15) is 8.78 Å². The smallest absolute Gasteiger partial charge is 0.246 e. The van der Waals surface area contributed by atoms with Gasteiger partial charge in [-0.3, -0.25) is 0 Å². The lowest BCUT2D eigenvalue weighted by atomic mass is 10.3. The highest BCUT2D eigenvalue weighted by molar-refractivity contribution is 4.59. The normalized spacial score (nSPS) is 10.5. The van der Waals surface area contributed by atoms with Gasteiger partial charge in [-0.05, 0) is 19.9 Å². The molecular weight excluding hydrogens is 160 g/mol. The molecule has 0 saturated heterocycles. The Bertz CT molecular complexity index is 79.1. The van der Waals surface area contributed by atoms with E-state index in [0.717, 1.165) is 19.9 Å². The second-order valence-electron chi connectivity index (χ2n) is 2.57. The van der Waals surface area contributed by atoms with Gasteiger partial charge in [0.1, 0.15) is 0 Å². The third-order valence-corrected chi connectivity index (χ3v) is 1.17. The number of hydrogen-bond acceptors (Lipinski definition) is 1. The summed E-state index contributed by atoms with van der Waals surface area (Å²) in [6.07, 6.45) is 0.933. The summed E-state index contributed by atoms with van der Waals surface area (Å²) in [5, 5.41) is 2.91. The van der Waals surface area contributed by atoms with Crippen LogP contribution in [-0.2, 0) is 0 Å². The average molecular weight is 181 g/mol. The first-order chi connectivity index (χ1) is 5.56. The van der Waals surface area contributed by atoms with Crippen molar-refractivity contribution < 1.29 is 8.78 Å². The fourth-order valence-corrected chi connectivity index (χ4v) is 0.610. The van der Waals surface area contributed by atoms with Crippen LogP contribution in [0, 0.1) is 0 Å². The molecule has 1 nitrogen and oxygen atoms in total. The van der Waals surface area contributed by atoms with E-state index in [4.69, 9.17) is 0 Å². The van der Waals surface area contributed by atoms with E-state index in [0.29, 0.717) is 6.54 Å². The number of halogens is 2. The first kappa shape index (κ1) is 14.3. The molecule has 0 saturated carbocycles. The topological polar surface area (TPSA) is 12.0 Å². The molecule has 1 N–H and O–H groups in total. The lowest BCUT2D eigenvalue weighted by Gasteiger charge is -2.09. The van der Waals surface area contributed by atoms with Crippen LogP contribution >= 0.6 is 0 Å². The van der Waals surface area contributed by atoms with E-state index < -0.39 is 5.92 Å². The van der Waals surface area contributed by atoms with Crippen molar-refractivity contribution in [3.8, 4) is 0 Å². The molecule has 0 fully saturated rings. The predicted octanol–water partition coefficient (Wildman–Crippen LogP) is 3.06. The van der Waals surface area contributed by atoms with Crippen molar-refractivity contribution in [2.24, 2.45) is 0 Å². The minimum Gasteiger partial charge on any atom is -0.317 e. The van der Waals surface area contributed by atoms with Crippen LogP contribution < -0.4 is 5.32 Å². The van der Waals surface area contributed by atoms with Gasteiger partial charge >= 0.3 is 0 Å². The number of alkyl halides is 2. The minimum atomic E-state index is -2.51. The fraction of sp³-hybridized carbons (Fsp3) is 1.00. The summed E-state index contributed by atoms with van der Waals surface area (Å²) in [6, 6.07) is 0. The summed E-state index contributed by atoms with van der Waals surface area (Å²) in [6.45, 7) is 8.20. The Labute approximate surface area is 74.5 Å². The highest BCUT2D eigenvalue weighted by Gasteiger charge is 2.19. The molecule has 0 spiro atoms. The fourth-order valence-electron chi connectivity index (χ4n) is 0.610. The lowest BCUT2D eigenvalue weighted by Crippen LogP contribution is -2.22. The van der Waals surface area contributed by atoms with Crippen molar-refractivity contribution in [3.63, 3.8) is 0 Å². The van der Waals surface area contributed by atoms with Gasteiger partial charge in [0.15, 0.2) is 0 Å². The summed E-state index contributed by atoms with van der Waals surface area (Å²) in [7, 11) is 0. The molecule has 12 heavy (non-hydrogen) atoms. The molecule has 0 aromatic heterocycles. The van der Waals surface area contributed by atoms with Gasteiger partial charge in [-0.25, -0.2) is 8.78 Å². The molecule has 0 radical (unpaired) electrons. The van der Waals surface area contributed by atoms with Gasteiger partial charge in [0, 0.05) is 13.0 Å². The van der Waals surface area contributed by atoms with Crippen LogP contribution in [0.4, 0.5) is 8.78 Å². The highest BCUT2D eigenvalue weighted by atomic mass is 19.3. The molecule has 3 heteroatoms. The quantitative estimate of drug-likeness (QED) is 0.643. The van der Waals surface area contributed by atoms with Crippen molar-refractivity contribution in [1.82, 2.24) is 5.32 Å². The largest absolute Gasteiger partial charge is 0.317 e. The van der Waals surface area contributed by atoms with Crippen molar-refractivity contribution in [2.45, 2.75) is 46.5 Å². The van der Waals surface area contributed by atoms with Gasteiger partial charge in [0.05, 0.1) is 0 Å². The second kappa shape index (κ2) is 8.91. The van der Waals surface area contributed by atoms with Gasteiger partial charge in [0.2, 0.25) is 5.92 Å². The molecule has 76 valence electrons. The molecular formula is C9H21F2N. The number of rotatable bonds is 5. The third-order valence-electron chi connectivity index (χ3n) is 1.17. The molecule has 0 aromatic rings. The lowest BCUT2D eigenvalue weighted by molar-refractivity contribution is 0.0135. The van der Waals surface area contributed by atoms with Crippen molar-refractivity contribution in [2.75, 3.05) is 13.1 Å². The molecule has 0 aliphatic rings. The summed E-state index contributed by atoms with van der Waals surface area (Å²) < 4.78 is 24.2. The number of nitrogens with one attached hydrogen (secondary N) is 1. The Morgan fingerprint density at radius 1 is 1.17 bits per heavy atom. The van der Waals surface area contributed by atoms with Crippen molar-refractivity contribution in [3.05, 3.63) is 0 Å². The van der Waals surface area contributed by atoms with Crippen LogP contribution in [0.2, 0.25) is 0 Å². The summed E-state index contributed by atoms with van der Waals surface area (Å²) in [5.74, 6) is -2.51. The van der Waals surface area contributed by atoms with Crippen LogP contribution in [0.1, 0.15) is 40.5 Å². The standard InChI is InChI=1S/C7H15F2N.C2H6/c1-3-5-10-6-4-7(2,8)9;1-2/h10H,3-6H2,1-2H3;1-2H3. The van der Waals surface area contributed by atoms with Gasteiger partial charge in [-0.2, -0.15) is 0 Å².